The number of furan rings is 1. The molecule has 4 aromatic rings. The lowest BCUT2D eigenvalue weighted by atomic mass is 9.95. The highest BCUT2D eigenvalue weighted by molar-refractivity contribution is 7.07. The van der Waals surface area contributed by atoms with Crippen LogP contribution in [0.3, 0.4) is 0 Å². The minimum Gasteiger partial charge on any atom is -0.493 e. The quantitative estimate of drug-likeness (QED) is 0.315. The Bertz CT molecular complexity index is 1880. The molecule has 0 saturated heterocycles. The topological polar surface area (TPSA) is 130 Å². The van der Waals surface area contributed by atoms with Crippen molar-refractivity contribution in [2.75, 3.05) is 20.8 Å². The van der Waals surface area contributed by atoms with Crippen molar-refractivity contribution in [1.29, 1.82) is 0 Å². The van der Waals surface area contributed by atoms with Crippen molar-refractivity contribution < 1.29 is 33.3 Å². The van der Waals surface area contributed by atoms with Gasteiger partial charge in [-0.05, 0) is 49.7 Å². The summed E-state index contributed by atoms with van der Waals surface area (Å²) in [6.45, 7) is 3.57. The van der Waals surface area contributed by atoms with Crippen LogP contribution in [-0.2, 0) is 9.53 Å². The molecule has 11 heteroatoms. The summed E-state index contributed by atoms with van der Waals surface area (Å²) in [5.74, 6) is 0.000363. The van der Waals surface area contributed by atoms with Gasteiger partial charge < -0.3 is 23.7 Å². The molecule has 2 aromatic carbocycles. The molecule has 1 aliphatic heterocycles. The number of nitrogens with zero attached hydrogens (tertiary/aromatic N) is 2. The van der Waals surface area contributed by atoms with Crippen molar-refractivity contribution in [2.45, 2.75) is 19.9 Å². The van der Waals surface area contributed by atoms with E-state index in [9.17, 15) is 19.5 Å². The van der Waals surface area contributed by atoms with E-state index in [4.69, 9.17) is 18.6 Å². The first-order chi connectivity index (χ1) is 19.8. The molecular formula is C30H26N2O8S. The second kappa shape index (κ2) is 11.3. The number of methoxy groups -OCH3 is 2. The number of allylic oxidation sites excluding steroid dienone is 1. The Morgan fingerprint density at radius 1 is 1.10 bits per heavy atom. The number of fused-ring (bicyclic) bond motifs is 1. The third-order valence-electron chi connectivity index (χ3n) is 6.56. The van der Waals surface area contributed by atoms with Crippen molar-refractivity contribution in [2.24, 2.45) is 4.99 Å². The summed E-state index contributed by atoms with van der Waals surface area (Å²) in [6, 6.07) is 14.2. The normalized spacial score (nSPS) is 14.8. The average Bonchev–Trinajstić information content (AvgIpc) is 3.56. The summed E-state index contributed by atoms with van der Waals surface area (Å²) in [5.41, 5.74) is 1.42. The minimum absolute atomic E-state index is 0.102. The number of hydrogen-bond acceptors (Lipinski definition) is 9. The molecule has 41 heavy (non-hydrogen) atoms. The molecule has 0 fully saturated rings. The molecule has 2 aromatic heterocycles. The zero-order valence-corrected chi connectivity index (χ0v) is 23.5. The van der Waals surface area contributed by atoms with Crippen LogP contribution >= 0.6 is 11.3 Å². The van der Waals surface area contributed by atoms with Gasteiger partial charge in [-0.15, -0.1) is 0 Å². The van der Waals surface area contributed by atoms with E-state index in [1.165, 1.54) is 24.9 Å². The monoisotopic (exact) mass is 574 g/mol. The molecule has 0 aliphatic carbocycles. The van der Waals surface area contributed by atoms with Crippen LogP contribution in [0.25, 0.3) is 17.4 Å². The molecule has 1 N–H and O–H groups in total. The second-order valence-corrected chi connectivity index (χ2v) is 9.98. The number of hydrogen-bond donors (Lipinski definition) is 1. The van der Waals surface area contributed by atoms with Crippen molar-refractivity contribution in [3.63, 3.8) is 0 Å². The molecule has 1 aliphatic rings. The van der Waals surface area contributed by atoms with Gasteiger partial charge in [0.25, 0.3) is 5.56 Å². The number of ether oxygens (including phenoxy) is 3. The maximum atomic E-state index is 13.9. The molecule has 210 valence electrons. The van der Waals surface area contributed by atoms with Crippen LogP contribution < -0.4 is 24.4 Å². The predicted molar refractivity (Wildman–Crippen MR) is 151 cm³/mol. The van der Waals surface area contributed by atoms with E-state index < -0.39 is 18.0 Å². The highest BCUT2D eigenvalue weighted by atomic mass is 32.1. The molecule has 0 unspecified atom stereocenters. The van der Waals surface area contributed by atoms with Crippen molar-refractivity contribution >= 4 is 29.4 Å². The molecule has 0 spiro atoms. The van der Waals surface area contributed by atoms with E-state index in [-0.39, 0.29) is 23.3 Å². The molecule has 0 bridgehead atoms. The molecule has 3 heterocycles. The number of carboxylic acids is 1. The molecular weight excluding hydrogens is 548 g/mol. The highest BCUT2D eigenvalue weighted by Gasteiger charge is 2.34. The molecule has 5 rings (SSSR count). The van der Waals surface area contributed by atoms with Crippen molar-refractivity contribution in [3.8, 4) is 22.8 Å². The van der Waals surface area contributed by atoms with E-state index in [1.807, 2.05) is 0 Å². The van der Waals surface area contributed by atoms with Gasteiger partial charge in [0, 0.05) is 11.6 Å². The summed E-state index contributed by atoms with van der Waals surface area (Å²) >= 11 is 1.15. The van der Waals surface area contributed by atoms with Crippen LogP contribution in [0.1, 0.15) is 41.6 Å². The fraction of sp³-hybridized carbons (Fsp3) is 0.200. The zero-order chi connectivity index (χ0) is 29.3. The third kappa shape index (κ3) is 5.07. The largest absolute Gasteiger partial charge is 0.493 e. The fourth-order valence-corrected chi connectivity index (χ4v) is 5.75. The Hall–Kier alpha value is -4.90. The molecule has 1 atom stereocenters. The highest BCUT2D eigenvalue weighted by Crippen LogP contribution is 2.36. The van der Waals surface area contributed by atoms with Crippen LogP contribution in [0.15, 0.2) is 80.1 Å². The minimum atomic E-state index is -1.07. The van der Waals surface area contributed by atoms with Crippen LogP contribution in [0.2, 0.25) is 0 Å². The number of benzene rings is 2. The standard InChI is InChI=1S/C30H26N2O8S/c1-5-39-29(36)25-16(2)31-30-32(26(25)17-10-12-22(37-3)23(14-17)38-4)27(33)24(41-30)15-18-11-13-21(40-18)19-8-6-7-9-20(19)28(34)35/h6-15,26H,5H2,1-4H3,(H,34,35)/b24-15+/t26-/m1/s1. The van der Waals surface area contributed by atoms with Gasteiger partial charge in [0.1, 0.15) is 11.5 Å². The van der Waals surface area contributed by atoms with Gasteiger partial charge in [0.2, 0.25) is 0 Å². The maximum Gasteiger partial charge on any atom is 0.338 e. The number of aromatic nitrogens is 1. The summed E-state index contributed by atoms with van der Waals surface area (Å²) in [5, 5.41) is 9.54. The number of rotatable bonds is 8. The fourth-order valence-electron chi connectivity index (χ4n) is 4.72. The van der Waals surface area contributed by atoms with E-state index in [1.54, 1.807) is 68.5 Å². The van der Waals surface area contributed by atoms with Gasteiger partial charge in [-0.3, -0.25) is 9.36 Å². The van der Waals surface area contributed by atoms with Crippen molar-refractivity contribution in [3.05, 3.63) is 102 Å². The smallest absolute Gasteiger partial charge is 0.338 e. The van der Waals surface area contributed by atoms with E-state index >= 15 is 0 Å². The van der Waals surface area contributed by atoms with E-state index in [0.717, 1.165) is 11.3 Å². The van der Waals surface area contributed by atoms with Gasteiger partial charge in [0.15, 0.2) is 16.3 Å². The van der Waals surface area contributed by atoms with Gasteiger partial charge in [-0.25, -0.2) is 14.6 Å². The lowest BCUT2D eigenvalue weighted by molar-refractivity contribution is -0.139. The zero-order valence-electron chi connectivity index (χ0n) is 22.7. The number of thiazole rings is 1. The molecule has 0 radical (unpaired) electrons. The summed E-state index contributed by atoms with van der Waals surface area (Å²) in [6.07, 6.45) is 1.58. The number of carboxylic acid groups (broad SMARTS) is 1. The Morgan fingerprint density at radius 3 is 2.56 bits per heavy atom. The van der Waals surface area contributed by atoms with Crippen LogP contribution in [0.5, 0.6) is 11.5 Å². The molecule has 0 saturated carbocycles. The SMILES string of the molecule is CCOC(=O)C1=C(C)N=c2s/c(=C/c3ccc(-c4ccccc4C(=O)O)o3)c(=O)n2[C@@H]1c1ccc(OC)c(OC)c1. The van der Waals surface area contributed by atoms with Crippen LogP contribution in [0.4, 0.5) is 0 Å². The number of carbonyl (C=O) groups excluding carboxylic acids is 1. The number of esters is 1. The van der Waals surface area contributed by atoms with E-state index in [2.05, 4.69) is 4.99 Å². The molecule has 10 nitrogen and oxygen atoms in total. The van der Waals surface area contributed by atoms with Gasteiger partial charge >= 0.3 is 11.9 Å². The van der Waals surface area contributed by atoms with Crippen LogP contribution in [0, 0.1) is 0 Å². The van der Waals surface area contributed by atoms with Crippen molar-refractivity contribution in [1.82, 2.24) is 4.57 Å². The number of aromatic carboxylic acids is 1. The van der Waals surface area contributed by atoms with E-state index in [0.29, 0.717) is 49.2 Å². The first-order valence-corrected chi connectivity index (χ1v) is 13.4. The van der Waals surface area contributed by atoms with Gasteiger partial charge in [-0.2, -0.15) is 0 Å². The Morgan fingerprint density at radius 2 is 1.85 bits per heavy atom. The number of carbonyl (C=O) groups is 2. The predicted octanol–water partition coefficient (Wildman–Crippen LogP) is 3.77. The Balaban J connectivity index is 1.66. The first-order valence-electron chi connectivity index (χ1n) is 12.6. The lowest BCUT2D eigenvalue weighted by Crippen LogP contribution is -2.39. The summed E-state index contributed by atoms with van der Waals surface area (Å²) in [7, 11) is 3.03. The Kier molecular flexibility index (Phi) is 7.62. The third-order valence-corrected chi connectivity index (χ3v) is 7.55. The average molecular weight is 575 g/mol. The van der Waals surface area contributed by atoms with Crippen LogP contribution in [-0.4, -0.2) is 42.4 Å². The first kappa shape index (κ1) is 27.7. The van der Waals surface area contributed by atoms with Gasteiger partial charge in [-0.1, -0.05) is 35.6 Å². The second-order valence-electron chi connectivity index (χ2n) is 8.97. The summed E-state index contributed by atoms with van der Waals surface area (Å²) < 4.78 is 23.9. The lowest BCUT2D eigenvalue weighted by Gasteiger charge is -2.25. The Labute approximate surface area is 238 Å². The maximum absolute atomic E-state index is 13.9. The van der Waals surface area contributed by atoms with Gasteiger partial charge in [0.05, 0.1) is 48.2 Å². The summed E-state index contributed by atoms with van der Waals surface area (Å²) in [4.78, 5) is 43.6. The molecule has 0 amide bonds.